The molecular formula is C11H13FN2O. The fourth-order valence-electron chi connectivity index (χ4n) is 1.26. The van der Waals surface area contributed by atoms with Crippen LogP contribution in [0.2, 0.25) is 0 Å². The van der Waals surface area contributed by atoms with Gasteiger partial charge in [-0.1, -0.05) is 0 Å². The molecule has 0 heterocycles. The van der Waals surface area contributed by atoms with Crippen LogP contribution in [0.15, 0.2) is 18.2 Å². The predicted molar refractivity (Wildman–Crippen MR) is 56.1 cm³/mol. The van der Waals surface area contributed by atoms with Crippen LogP contribution in [-0.2, 0) is 4.74 Å². The van der Waals surface area contributed by atoms with Crippen molar-refractivity contribution in [1.29, 1.82) is 5.26 Å². The number of hydrogen-bond acceptors (Lipinski definition) is 3. The van der Waals surface area contributed by atoms with E-state index in [1.165, 1.54) is 6.07 Å². The SMILES string of the molecule is COCC(C)Nc1ccc(C#N)cc1F. The molecule has 0 amide bonds. The van der Waals surface area contributed by atoms with Gasteiger partial charge < -0.3 is 10.1 Å². The molecule has 15 heavy (non-hydrogen) atoms. The van der Waals surface area contributed by atoms with Gasteiger partial charge in [0.25, 0.3) is 0 Å². The molecular weight excluding hydrogens is 195 g/mol. The highest BCUT2D eigenvalue weighted by Gasteiger charge is 2.06. The van der Waals surface area contributed by atoms with Crippen molar-refractivity contribution in [3.05, 3.63) is 29.6 Å². The van der Waals surface area contributed by atoms with Crippen LogP contribution < -0.4 is 5.32 Å². The number of hydrogen-bond donors (Lipinski definition) is 1. The number of rotatable bonds is 4. The van der Waals surface area contributed by atoms with E-state index in [1.54, 1.807) is 19.2 Å². The molecule has 3 nitrogen and oxygen atoms in total. The molecule has 1 aromatic rings. The maximum absolute atomic E-state index is 13.4. The average molecular weight is 208 g/mol. The average Bonchev–Trinajstić information content (AvgIpc) is 2.21. The van der Waals surface area contributed by atoms with Crippen molar-refractivity contribution in [2.24, 2.45) is 0 Å². The molecule has 0 aliphatic heterocycles. The summed E-state index contributed by atoms with van der Waals surface area (Å²) in [6.45, 7) is 2.39. The van der Waals surface area contributed by atoms with E-state index in [-0.39, 0.29) is 6.04 Å². The van der Waals surface area contributed by atoms with Crippen LogP contribution in [0.3, 0.4) is 0 Å². The van der Waals surface area contributed by atoms with Crippen molar-refractivity contribution in [3.63, 3.8) is 0 Å². The molecule has 0 aromatic heterocycles. The summed E-state index contributed by atoms with van der Waals surface area (Å²) >= 11 is 0. The molecule has 0 fully saturated rings. The highest BCUT2D eigenvalue weighted by molar-refractivity contribution is 5.49. The third-order valence-electron chi connectivity index (χ3n) is 1.92. The molecule has 1 aromatic carbocycles. The first-order valence-electron chi connectivity index (χ1n) is 4.62. The molecule has 1 rings (SSSR count). The molecule has 4 heteroatoms. The molecule has 0 saturated carbocycles. The van der Waals surface area contributed by atoms with Gasteiger partial charge in [-0.15, -0.1) is 0 Å². The largest absolute Gasteiger partial charge is 0.383 e. The molecule has 0 bridgehead atoms. The van der Waals surface area contributed by atoms with E-state index in [4.69, 9.17) is 10.00 Å². The van der Waals surface area contributed by atoms with Gasteiger partial charge >= 0.3 is 0 Å². The Balaban J connectivity index is 2.74. The fourth-order valence-corrected chi connectivity index (χ4v) is 1.26. The van der Waals surface area contributed by atoms with Crippen molar-refractivity contribution < 1.29 is 9.13 Å². The summed E-state index contributed by atoms with van der Waals surface area (Å²) in [6.07, 6.45) is 0. The zero-order chi connectivity index (χ0) is 11.3. The first-order valence-corrected chi connectivity index (χ1v) is 4.62. The molecule has 1 unspecified atom stereocenters. The van der Waals surface area contributed by atoms with Crippen LogP contribution in [-0.4, -0.2) is 19.8 Å². The predicted octanol–water partition coefficient (Wildman–Crippen LogP) is 2.14. The van der Waals surface area contributed by atoms with Crippen molar-refractivity contribution in [3.8, 4) is 6.07 Å². The van der Waals surface area contributed by atoms with Gasteiger partial charge in [-0.25, -0.2) is 4.39 Å². The normalized spacial score (nSPS) is 11.9. The summed E-state index contributed by atoms with van der Waals surface area (Å²) in [5.41, 5.74) is 0.705. The van der Waals surface area contributed by atoms with Crippen LogP contribution in [0.5, 0.6) is 0 Å². The Labute approximate surface area is 88.5 Å². The van der Waals surface area contributed by atoms with E-state index in [2.05, 4.69) is 5.32 Å². The van der Waals surface area contributed by atoms with Gasteiger partial charge in [-0.2, -0.15) is 5.26 Å². The Hall–Kier alpha value is -1.60. The van der Waals surface area contributed by atoms with Gasteiger partial charge in [0.05, 0.1) is 23.9 Å². The number of nitriles is 1. The number of nitrogens with zero attached hydrogens (tertiary/aromatic N) is 1. The van der Waals surface area contributed by atoms with Gasteiger partial charge in [0.1, 0.15) is 5.82 Å². The van der Waals surface area contributed by atoms with Crippen LogP contribution >= 0.6 is 0 Å². The fraction of sp³-hybridized carbons (Fsp3) is 0.364. The van der Waals surface area contributed by atoms with Crippen LogP contribution in [0, 0.1) is 17.1 Å². The minimum atomic E-state index is -0.419. The molecule has 1 atom stereocenters. The monoisotopic (exact) mass is 208 g/mol. The summed E-state index contributed by atoms with van der Waals surface area (Å²) in [4.78, 5) is 0. The number of anilines is 1. The third kappa shape index (κ3) is 3.22. The Kier molecular flexibility index (Phi) is 4.07. The van der Waals surface area contributed by atoms with E-state index in [0.29, 0.717) is 17.9 Å². The van der Waals surface area contributed by atoms with Crippen molar-refractivity contribution in [2.75, 3.05) is 19.0 Å². The van der Waals surface area contributed by atoms with E-state index in [0.717, 1.165) is 0 Å². The minimum absolute atomic E-state index is 0.0254. The lowest BCUT2D eigenvalue weighted by molar-refractivity contribution is 0.190. The molecule has 0 spiro atoms. The number of methoxy groups -OCH3 is 1. The zero-order valence-corrected chi connectivity index (χ0v) is 8.75. The summed E-state index contributed by atoms with van der Waals surface area (Å²) in [7, 11) is 1.59. The lowest BCUT2D eigenvalue weighted by Gasteiger charge is -2.14. The number of halogens is 1. The van der Waals surface area contributed by atoms with Crippen LogP contribution in [0.1, 0.15) is 12.5 Å². The Morgan fingerprint density at radius 3 is 2.87 bits per heavy atom. The summed E-state index contributed by atoms with van der Waals surface area (Å²) < 4.78 is 18.3. The molecule has 0 aliphatic carbocycles. The van der Waals surface area contributed by atoms with Gasteiger partial charge in [-0.3, -0.25) is 0 Å². The second-order valence-corrected chi connectivity index (χ2v) is 3.31. The first-order chi connectivity index (χ1) is 7.17. The van der Waals surface area contributed by atoms with Gasteiger partial charge in [0.2, 0.25) is 0 Å². The zero-order valence-electron chi connectivity index (χ0n) is 8.75. The number of ether oxygens (including phenoxy) is 1. The lowest BCUT2D eigenvalue weighted by Crippen LogP contribution is -2.21. The van der Waals surface area contributed by atoms with E-state index in [9.17, 15) is 4.39 Å². The van der Waals surface area contributed by atoms with Crippen LogP contribution in [0.25, 0.3) is 0 Å². The molecule has 0 aliphatic rings. The Morgan fingerprint density at radius 2 is 2.33 bits per heavy atom. The Bertz CT molecular complexity index is 373. The second kappa shape index (κ2) is 5.32. The molecule has 1 N–H and O–H groups in total. The summed E-state index contributed by atoms with van der Waals surface area (Å²) in [5, 5.41) is 11.5. The van der Waals surface area contributed by atoms with Gasteiger partial charge in [-0.05, 0) is 25.1 Å². The summed E-state index contributed by atoms with van der Waals surface area (Å²) in [6, 6.07) is 6.25. The second-order valence-electron chi connectivity index (χ2n) is 3.31. The minimum Gasteiger partial charge on any atom is -0.383 e. The van der Waals surface area contributed by atoms with E-state index in [1.807, 2.05) is 13.0 Å². The van der Waals surface area contributed by atoms with E-state index < -0.39 is 5.82 Å². The maximum atomic E-state index is 13.4. The molecule has 80 valence electrons. The van der Waals surface area contributed by atoms with Crippen molar-refractivity contribution in [2.45, 2.75) is 13.0 Å². The number of nitrogens with one attached hydrogen (secondary N) is 1. The number of benzene rings is 1. The van der Waals surface area contributed by atoms with Crippen molar-refractivity contribution in [1.82, 2.24) is 0 Å². The third-order valence-corrected chi connectivity index (χ3v) is 1.92. The Morgan fingerprint density at radius 1 is 1.60 bits per heavy atom. The highest BCUT2D eigenvalue weighted by atomic mass is 19.1. The van der Waals surface area contributed by atoms with Crippen LogP contribution in [0.4, 0.5) is 10.1 Å². The standard InChI is InChI=1S/C11H13FN2O/c1-8(7-15-2)14-11-4-3-9(6-13)5-10(11)12/h3-5,8,14H,7H2,1-2H3. The van der Waals surface area contributed by atoms with Gasteiger partial charge in [0, 0.05) is 13.2 Å². The topological polar surface area (TPSA) is 45.0 Å². The summed E-state index contributed by atoms with van der Waals surface area (Å²) in [5.74, 6) is -0.419. The molecule has 0 radical (unpaired) electrons. The lowest BCUT2D eigenvalue weighted by atomic mass is 10.2. The first kappa shape index (κ1) is 11.5. The quantitative estimate of drug-likeness (QED) is 0.824. The van der Waals surface area contributed by atoms with Crippen molar-refractivity contribution >= 4 is 5.69 Å². The van der Waals surface area contributed by atoms with E-state index >= 15 is 0 Å². The smallest absolute Gasteiger partial charge is 0.147 e. The highest BCUT2D eigenvalue weighted by Crippen LogP contribution is 2.16. The van der Waals surface area contributed by atoms with Gasteiger partial charge in [0.15, 0.2) is 0 Å². The maximum Gasteiger partial charge on any atom is 0.147 e. The molecule has 0 saturated heterocycles.